The lowest BCUT2D eigenvalue weighted by Crippen LogP contribution is -2.25. The Morgan fingerprint density at radius 1 is 1.00 bits per heavy atom. The van der Waals surface area contributed by atoms with E-state index in [0.29, 0.717) is 12.0 Å². The van der Waals surface area contributed by atoms with Crippen LogP contribution in [0.5, 0.6) is 0 Å². The van der Waals surface area contributed by atoms with Crippen LogP contribution in [0.1, 0.15) is 70.0 Å². The van der Waals surface area contributed by atoms with Crippen LogP contribution in [-0.2, 0) is 4.74 Å². The molecular weight excluding hydrogens is 246 g/mol. The third-order valence-electron chi connectivity index (χ3n) is 3.63. The molecule has 0 spiro atoms. The minimum absolute atomic E-state index is 0.308. The maximum Gasteiger partial charge on any atom is 0.0661 e. The van der Waals surface area contributed by atoms with E-state index in [4.69, 9.17) is 4.74 Å². The molecule has 1 aromatic rings. The number of likely N-dealkylation sites (N-methyl/N-ethyl adjacent to an activating group) is 1. The van der Waals surface area contributed by atoms with Crippen LogP contribution in [0.2, 0.25) is 0 Å². The summed E-state index contributed by atoms with van der Waals surface area (Å²) in [4.78, 5) is 0. The van der Waals surface area contributed by atoms with E-state index in [0.717, 1.165) is 19.8 Å². The molecule has 0 aliphatic heterocycles. The summed E-state index contributed by atoms with van der Waals surface area (Å²) in [7, 11) is 0. The molecule has 0 saturated carbocycles. The fourth-order valence-corrected chi connectivity index (χ4v) is 2.29. The second-order valence-corrected chi connectivity index (χ2v) is 5.71. The standard InChI is InChI=1S/C18H31NO/c1-5-7-8-13-20-14-18(19-6-2)17-11-9-16(10-12-17)15(3)4/h9-12,15,18-19H,5-8,13-14H2,1-4H3. The second-order valence-electron chi connectivity index (χ2n) is 5.71. The van der Waals surface area contributed by atoms with Gasteiger partial charge in [0.1, 0.15) is 0 Å². The first-order valence-electron chi connectivity index (χ1n) is 8.10. The number of nitrogens with one attached hydrogen (secondary N) is 1. The van der Waals surface area contributed by atoms with E-state index in [1.807, 2.05) is 0 Å². The van der Waals surface area contributed by atoms with E-state index >= 15 is 0 Å². The zero-order chi connectivity index (χ0) is 14.8. The van der Waals surface area contributed by atoms with Gasteiger partial charge in [0.05, 0.1) is 12.6 Å². The Morgan fingerprint density at radius 2 is 1.65 bits per heavy atom. The van der Waals surface area contributed by atoms with Gasteiger partial charge in [0.25, 0.3) is 0 Å². The monoisotopic (exact) mass is 277 g/mol. The highest BCUT2D eigenvalue weighted by atomic mass is 16.5. The molecule has 1 atom stereocenters. The van der Waals surface area contributed by atoms with E-state index in [9.17, 15) is 0 Å². The Kier molecular flexibility index (Phi) is 8.56. The lowest BCUT2D eigenvalue weighted by Gasteiger charge is -2.19. The first kappa shape index (κ1) is 17.2. The van der Waals surface area contributed by atoms with Crippen molar-refractivity contribution in [3.05, 3.63) is 35.4 Å². The van der Waals surface area contributed by atoms with Crippen LogP contribution < -0.4 is 5.32 Å². The molecule has 0 saturated heterocycles. The molecule has 0 fully saturated rings. The van der Waals surface area contributed by atoms with E-state index < -0.39 is 0 Å². The first-order chi connectivity index (χ1) is 9.69. The van der Waals surface area contributed by atoms with Gasteiger partial charge in [-0.05, 0) is 30.0 Å². The lowest BCUT2D eigenvalue weighted by molar-refractivity contribution is 0.108. The van der Waals surface area contributed by atoms with Crippen LogP contribution in [-0.4, -0.2) is 19.8 Å². The van der Waals surface area contributed by atoms with Crippen molar-refractivity contribution in [2.24, 2.45) is 0 Å². The molecule has 2 heteroatoms. The molecule has 114 valence electrons. The SMILES string of the molecule is CCCCCOCC(NCC)c1ccc(C(C)C)cc1. The van der Waals surface area contributed by atoms with Crippen LogP contribution in [0.4, 0.5) is 0 Å². The maximum atomic E-state index is 5.82. The molecule has 0 aromatic heterocycles. The Bertz CT molecular complexity index is 345. The molecule has 0 amide bonds. The highest BCUT2D eigenvalue weighted by Gasteiger charge is 2.10. The van der Waals surface area contributed by atoms with E-state index in [1.54, 1.807) is 0 Å². The summed E-state index contributed by atoms with van der Waals surface area (Å²) < 4.78 is 5.82. The van der Waals surface area contributed by atoms with Crippen molar-refractivity contribution in [3.63, 3.8) is 0 Å². The van der Waals surface area contributed by atoms with Crippen LogP contribution >= 0.6 is 0 Å². The summed E-state index contributed by atoms with van der Waals surface area (Å²) in [5, 5.41) is 3.51. The zero-order valence-corrected chi connectivity index (χ0v) is 13.6. The predicted molar refractivity (Wildman–Crippen MR) is 87.3 cm³/mol. The van der Waals surface area contributed by atoms with Gasteiger partial charge >= 0.3 is 0 Å². The lowest BCUT2D eigenvalue weighted by atomic mass is 9.99. The number of hydrogen-bond acceptors (Lipinski definition) is 2. The molecule has 2 nitrogen and oxygen atoms in total. The predicted octanol–water partition coefficient (Wildman–Crippen LogP) is 4.67. The summed E-state index contributed by atoms with van der Waals surface area (Å²) >= 11 is 0. The van der Waals surface area contributed by atoms with Gasteiger partial charge < -0.3 is 10.1 Å². The Morgan fingerprint density at radius 3 is 2.20 bits per heavy atom. The van der Waals surface area contributed by atoms with Gasteiger partial charge in [0, 0.05) is 6.61 Å². The summed E-state index contributed by atoms with van der Waals surface area (Å²) in [5.41, 5.74) is 2.72. The molecule has 0 aliphatic rings. The van der Waals surface area contributed by atoms with E-state index in [-0.39, 0.29) is 0 Å². The topological polar surface area (TPSA) is 21.3 Å². The molecular formula is C18H31NO. The fraction of sp³-hybridized carbons (Fsp3) is 0.667. The van der Waals surface area contributed by atoms with Gasteiger partial charge in [-0.3, -0.25) is 0 Å². The minimum atomic E-state index is 0.308. The van der Waals surface area contributed by atoms with Crippen molar-refractivity contribution in [2.75, 3.05) is 19.8 Å². The number of rotatable bonds is 10. The van der Waals surface area contributed by atoms with Crippen molar-refractivity contribution in [1.29, 1.82) is 0 Å². The van der Waals surface area contributed by atoms with Crippen molar-refractivity contribution < 1.29 is 4.74 Å². The highest BCUT2D eigenvalue weighted by Crippen LogP contribution is 2.19. The molecule has 1 rings (SSSR count). The number of hydrogen-bond donors (Lipinski definition) is 1. The van der Waals surface area contributed by atoms with Gasteiger partial charge in [-0.2, -0.15) is 0 Å². The fourth-order valence-electron chi connectivity index (χ4n) is 2.29. The third kappa shape index (κ3) is 6.06. The third-order valence-corrected chi connectivity index (χ3v) is 3.63. The molecule has 0 radical (unpaired) electrons. The van der Waals surface area contributed by atoms with Crippen molar-refractivity contribution in [2.45, 2.75) is 58.9 Å². The van der Waals surface area contributed by atoms with Gasteiger partial charge in [0.15, 0.2) is 0 Å². The Hall–Kier alpha value is -0.860. The summed E-state index contributed by atoms with van der Waals surface area (Å²) in [6.45, 7) is 11.4. The van der Waals surface area contributed by atoms with Crippen molar-refractivity contribution in [1.82, 2.24) is 5.32 Å². The average molecular weight is 277 g/mol. The molecule has 0 aliphatic carbocycles. The number of ether oxygens (including phenoxy) is 1. The molecule has 0 bridgehead atoms. The van der Waals surface area contributed by atoms with Crippen LogP contribution in [0.15, 0.2) is 24.3 Å². The van der Waals surface area contributed by atoms with Gasteiger partial charge in [-0.1, -0.05) is 64.8 Å². The summed E-state index contributed by atoms with van der Waals surface area (Å²) in [6, 6.07) is 9.25. The zero-order valence-electron chi connectivity index (χ0n) is 13.6. The van der Waals surface area contributed by atoms with Crippen LogP contribution in [0.25, 0.3) is 0 Å². The van der Waals surface area contributed by atoms with Crippen molar-refractivity contribution in [3.8, 4) is 0 Å². The van der Waals surface area contributed by atoms with Crippen molar-refractivity contribution >= 4 is 0 Å². The molecule has 20 heavy (non-hydrogen) atoms. The summed E-state index contributed by atoms with van der Waals surface area (Å²) in [6.07, 6.45) is 3.67. The molecule has 1 unspecified atom stereocenters. The van der Waals surface area contributed by atoms with E-state index in [1.165, 1.54) is 30.4 Å². The largest absolute Gasteiger partial charge is 0.379 e. The van der Waals surface area contributed by atoms with Gasteiger partial charge in [-0.15, -0.1) is 0 Å². The smallest absolute Gasteiger partial charge is 0.0661 e. The maximum absolute atomic E-state index is 5.82. The van der Waals surface area contributed by atoms with Crippen LogP contribution in [0, 0.1) is 0 Å². The first-order valence-corrected chi connectivity index (χ1v) is 8.10. The Labute approximate surface area is 124 Å². The van der Waals surface area contributed by atoms with Crippen LogP contribution in [0.3, 0.4) is 0 Å². The molecule has 0 heterocycles. The molecule has 1 N–H and O–H groups in total. The Balaban J connectivity index is 2.51. The number of unbranched alkanes of at least 4 members (excludes halogenated alkanes) is 2. The van der Waals surface area contributed by atoms with Gasteiger partial charge in [0.2, 0.25) is 0 Å². The molecule has 1 aromatic carbocycles. The second kappa shape index (κ2) is 9.95. The van der Waals surface area contributed by atoms with E-state index in [2.05, 4.69) is 57.3 Å². The number of benzene rings is 1. The normalized spacial score (nSPS) is 12.8. The highest BCUT2D eigenvalue weighted by molar-refractivity contribution is 5.27. The average Bonchev–Trinajstić information content (AvgIpc) is 2.46. The quantitative estimate of drug-likeness (QED) is 0.628. The van der Waals surface area contributed by atoms with Gasteiger partial charge in [-0.25, -0.2) is 0 Å². The summed E-state index contributed by atoms with van der Waals surface area (Å²) in [5.74, 6) is 0.590. The minimum Gasteiger partial charge on any atom is -0.379 e.